The summed E-state index contributed by atoms with van der Waals surface area (Å²) < 4.78 is 15.0. The lowest BCUT2D eigenvalue weighted by Crippen LogP contribution is -2.12. The molecular weight excluding hydrogens is 388 g/mol. The Morgan fingerprint density at radius 3 is 2.17 bits per heavy atom. The van der Waals surface area contributed by atoms with Gasteiger partial charge in [-0.15, -0.1) is 0 Å². The number of benzene rings is 2. The number of carbonyl (C=O) groups is 3. The molecule has 4 N–H and O–H groups in total. The van der Waals surface area contributed by atoms with Gasteiger partial charge in [-0.05, 0) is 48.9 Å². The van der Waals surface area contributed by atoms with Crippen LogP contribution in [-0.4, -0.2) is 31.1 Å². The predicted octanol–water partition coefficient (Wildman–Crippen LogP) is 2.75. The number of hydrogen-bond donors (Lipinski definition) is 2. The van der Waals surface area contributed by atoms with Gasteiger partial charge in [-0.3, -0.25) is 0 Å². The Bertz CT molecular complexity index is 959. The van der Waals surface area contributed by atoms with Gasteiger partial charge in [0.25, 0.3) is 0 Å². The van der Waals surface area contributed by atoms with Crippen molar-refractivity contribution in [1.82, 2.24) is 0 Å². The molecule has 0 aliphatic carbocycles. The second kappa shape index (κ2) is 10.5. The molecule has 0 bridgehead atoms. The van der Waals surface area contributed by atoms with E-state index in [1.165, 1.54) is 37.3 Å². The lowest BCUT2D eigenvalue weighted by molar-refractivity contribution is -0.146. The van der Waals surface area contributed by atoms with E-state index in [1.807, 2.05) is 0 Å². The van der Waals surface area contributed by atoms with Gasteiger partial charge in [0.2, 0.25) is 0 Å². The molecule has 2 aromatic rings. The Morgan fingerprint density at radius 2 is 1.57 bits per heavy atom. The first-order valence-electron chi connectivity index (χ1n) is 8.90. The van der Waals surface area contributed by atoms with Crippen molar-refractivity contribution in [3.63, 3.8) is 0 Å². The summed E-state index contributed by atoms with van der Waals surface area (Å²) >= 11 is 0. The van der Waals surface area contributed by atoms with Crippen molar-refractivity contribution < 1.29 is 28.6 Å². The predicted molar refractivity (Wildman–Crippen MR) is 112 cm³/mol. The molecule has 8 heteroatoms. The molecule has 156 valence electrons. The number of anilines is 2. The molecule has 0 atom stereocenters. The van der Waals surface area contributed by atoms with E-state index in [0.29, 0.717) is 22.7 Å². The first-order valence-corrected chi connectivity index (χ1v) is 8.90. The van der Waals surface area contributed by atoms with Crippen LogP contribution in [0.15, 0.2) is 60.7 Å². The summed E-state index contributed by atoms with van der Waals surface area (Å²) in [6.07, 6.45) is 2.77. The minimum Gasteiger partial charge on any atom is -0.459 e. The topological polar surface area (TPSA) is 131 Å². The Balaban J connectivity index is 1.83. The molecule has 2 rings (SSSR count). The Labute approximate surface area is 173 Å². The van der Waals surface area contributed by atoms with E-state index in [4.69, 9.17) is 25.7 Å². The molecule has 2 aromatic carbocycles. The van der Waals surface area contributed by atoms with Crippen LogP contribution in [0, 0.1) is 0 Å². The summed E-state index contributed by atoms with van der Waals surface area (Å²) in [5.41, 5.74) is 13.3. The van der Waals surface area contributed by atoms with E-state index in [1.54, 1.807) is 24.3 Å². The summed E-state index contributed by atoms with van der Waals surface area (Å²) in [5, 5.41) is 0. The Hall–Kier alpha value is -4.07. The van der Waals surface area contributed by atoms with Gasteiger partial charge in [0.15, 0.2) is 0 Å². The van der Waals surface area contributed by atoms with Crippen LogP contribution in [-0.2, 0) is 19.1 Å². The maximum Gasteiger partial charge on any atom is 0.343 e. The molecule has 0 saturated heterocycles. The number of ether oxygens (including phenoxy) is 3. The third-order valence-corrected chi connectivity index (χ3v) is 3.63. The van der Waals surface area contributed by atoms with Crippen LogP contribution >= 0.6 is 0 Å². The number of esters is 3. The number of carbonyl (C=O) groups excluding carboxylic acids is 3. The smallest absolute Gasteiger partial charge is 0.343 e. The molecule has 0 aliphatic rings. The first-order chi connectivity index (χ1) is 14.2. The van der Waals surface area contributed by atoms with Gasteiger partial charge in [-0.25, -0.2) is 14.4 Å². The molecule has 0 radical (unpaired) electrons. The number of hydrogen-bond acceptors (Lipinski definition) is 8. The van der Waals surface area contributed by atoms with Crippen LogP contribution in [0.4, 0.5) is 11.4 Å². The zero-order valence-corrected chi connectivity index (χ0v) is 16.4. The summed E-state index contributed by atoms with van der Waals surface area (Å²) in [6, 6.07) is 11.0. The first kappa shape index (κ1) is 22.2. The maximum absolute atomic E-state index is 12.2. The molecule has 0 saturated carbocycles. The second-order valence-electron chi connectivity index (χ2n) is 6.26. The van der Waals surface area contributed by atoms with Gasteiger partial charge in [0, 0.05) is 23.0 Å². The molecule has 0 heterocycles. The molecule has 30 heavy (non-hydrogen) atoms. The average molecular weight is 410 g/mol. The van der Waals surface area contributed by atoms with Crippen molar-refractivity contribution in [3.05, 3.63) is 71.8 Å². The van der Waals surface area contributed by atoms with Gasteiger partial charge in [-0.1, -0.05) is 18.7 Å². The number of nitrogen functional groups attached to an aromatic ring is 2. The van der Waals surface area contributed by atoms with Crippen molar-refractivity contribution in [2.45, 2.75) is 6.92 Å². The third kappa shape index (κ3) is 7.16. The molecule has 0 spiro atoms. The highest BCUT2D eigenvalue weighted by Crippen LogP contribution is 2.18. The largest absolute Gasteiger partial charge is 0.459 e. The summed E-state index contributed by atoms with van der Waals surface area (Å²) in [6.45, 7) is 4.85. The standard InChI is InChI=1S/C22H22N2O6/c1-14(2)21(26)29-10-9-28-20(25)8-5-15-3-6-19(7-4-15)30-22(27)16-11-17(23)13-18(24)12-16/h3-8,11-13H,1,9-10,23-24H2,2H3. The van der Waals surface area contributed by atoms with E-state index < -0.39 is 17.9 Å². The summed E-state index contributed by atoms with van der Waals surface area (Å²) in [5.74, 6) is -1.40. The van der Waals surface area contributed by atoms with Gasteiger partial charge in [0.1, 0.15) is 19.0 Å². The van der Waals surface area contributed by atoms with Crippen LogP contribution in [0.2, 0.25) is 0 Å². The minimum atomic E-state index is -0.590. The molecule has 0 amide bonds. The maximum atomic E-state index is 12.2. The summed E-state index contributed by atoms with van der Waals surface area (Å²) in [7, 11) is 0. The highest BCUT2D eigenvalue weighted by atomic mass is 16.6. The fourth-order valence-electron chi connectivity index (χ4n) is 2.22. The van der Waals surface area contributed by atoms with Gasteiger partial charge >= 0.3 is 17.9 Å². The van der Waals surface area contributed by atoms with E-state index >= 15 is 0 Å². The van der Waals surface area contributed by atoms with E-state index in [9.17, 15) is 14.4 Å². The molecule has 0 fully saturated rings. The highest BCUT2D eigenvalue weighted by Gasteiger charge is 2.10. The second-order valence-corrected chi connectivity index (χ2v) is 6.26. The van der Waals surface area contributed by atoms with Crippen LogP contribution in [0.3, 0.4) is 0 Å². The molecule has 0 aromatic heterocycles. The van der Waals surface area contributed by atoms with E-state index in [0.717, 1.165) is 0 Å². The zero-order chi connectivity index (χ0) is 22.1. The van der Waals surface area contributed by atoms with Crippen LogP contribution in [0.1, 0.15) is 22.8 Å². The monoisotopic (exact) mass is 410 g/mol. The lowest BCUT2D eigenvalue weighted by atomic mass is 10.1. The van der Waals surface area contributed by atoms with Gasteiger partial charge in [0.05, 0.1) is 5.56 Å². The third-order valence-electron chi connectivity index (χ3n) is 3.63. The summed E-state index contributed by atoms with van der Waals surface area (Å²) in [4.78, 5) is 35.0. The quantitative estimate of drug-likeness (QED) is 0.223. The van der Waals surface area contributed by atoms with Crippen LogP contribution in [0.5, 0.6) is 5.75 Å². The lowest BCUT2D eigenvalue weighted by Gasteiger charge is -2.06. The SMILES string of the molecule is C=C(C)C(=O)OCCOC(=O)C=Cc1ccc(OC(=O)c2cc(N)cc(N)c2)cc1. The number of rotatable bonds is 8. The van der Waals surface area contributed by atoms with Crippen LogP contribution in [0.25, 0.3) is 6.08 Å². The molecular formula is C22H22N2O6. The normalized spacial score (nSPS) is 10.4. The van der Waals surface area contributed by atoms with Crippen molar-refractivity contribution in [2.24, 2.45) is 0 Å². The van der Waals surface area contributed by atoms with Crippen molar-refractivity contribution in [1.29, 1.82) is 0 Å². The number of nitrogens with two attached hydrogens (primary N) is 2. The van der Waals surface area contributed by atoms with Gasteiger partial charge < -0.3 is 25.7 Å². The Morgan fingerprint density at radius 1 is 0.967 bits per heavy atom. The van der Waals surface area contributed by atoms with Crippen molar-refractivity contribution in [2.75, 3.05) is 24.7 Å². The molecule has 8 nitrogen and oxygen atoms in total. The fraction of sp³-hybridized carbons (Fsp3) is 0.136. The van der Waals surface area contributed by atoms with Gasteiger partial charge in [-0.2, -0.15) is 0 Å². The van der Waals surface area contributed by atoms with Crippen molar-refractivity contribution >= 4 is 35.4 Å². The highest BCUT2D eigenvalue weighted by molar-refractivity contribution is 5.93. The molecule has 0 unspecified atom stereocenters. The van der Waals surface area contributed by atoms with Crippen molar-refractivity contribution in [3.8, 4) is 5.75 Å². The van der Waals surface area contributed by atoms with E-state index in [2.05, 4.69) is 6.58 Å². The average Bonchev–Trinajstić information content (AvgIpc) is 2.69. The molecule has 0 aliphatic heterocycles. The fourth-order valence-corrected chi connectivity index (χ4v) is 2.22. The van der Waals surface area contributed by atoms with Crippen LogP contribution < -0.4 is 16.2 Å². The minimum absolute atomic E-state index is 0.0515. The zero-order valence-electron chi connectivity index (χ0n) is 16.4. The van der Waals surface area contributed by atoms with E-state index in [-0.39, 0.29) is 24.4 Å². The Kier molecular flexibility index (Phi) is 7.75.